The second-order valence-corrected chi connectivity index (χ2v) is 5.02. The van der Waals surface area contributed by atoms with Gasteiger partial charge in [-0.05, 0) is 44.7 Å². The molecule has 2 rings (SSSR count). The maximum Gasteiger partial charge on any atom is 0.0584 e. The van der Waals surface area contributed by atoms with Crippen molar-refractivity contribution in [3.05, 3.63) is 35.9 Å². The summed E-state index contributed by atoms with van der Waals surface area (Å²) in [6.45, 7) is 5.32. The summed E-state index contributed by atoms with van der Waals surface area (Å²) < 4.78 is 0. The fourth-order valence-electron chi connectivity index (χ4n) is 1.89. The van der Waals surface area contributed by atoms with Gasteiger partial charge in [0.2, 0.25) is 0 Å². The Morgan fingerprint density at radius 2 is 1.94 bits per heavy atom. The predicted octanol–water partition coefficient (Wildman–Crippen LogP) is 2.82. The minimum atomic E-state index is 0.255. The normalized spacial score (nSPS) is 15.4. The van der Waals surface area contributed by atoms with E-state index in [4.69, 9.17) is 0 Å². The summed E-state index contributed by atoms with van der Waals surface area (Å²) in [5.74, 6) is 7.20. The number of rotatable bonds is 3. The van der Waals surface area contributed by atoms with Gasteiger partial charge in [0.25, 0.3) is 0 Å². The van der Waals surface area contributed by atoms with Crippen LogP contribution in [0.5, 0.6) is 0 Å². The number of hydrogen-bond acceptors (Lipinski definition) is 1. The molecular weight excluding hydrogens is 194 g/mol. The van der Waals surface area contributed by atoms with Crippen LogP contribution in [0, 0.1) is 17.8 Å². The van der Waals surface area contributed by atoms with Gasteiger partial charge in [0.1, 0.15) is 0 Å². The summed E-state index contributed by atoms with van der Waals surface area (Å²) in [6.07, 6.45) is 2.73. The third kappa shape index (κ3) is 3.12. The average Bonchev–Trinajstić information content (AvgIpc) is 3.10. The number of nitrogens with one attached hydrogen (secondary N) is 1. The van der Waals surface area contributed by atoms with Crippen LogP contribution in [0.4, 0.5) is 0 Å². The van der Waals surface area contributed by atoms with Crippen molar-refractivity contribution in [3.63, 3.8) is 0 Å². The van der Waals surface area contributed by atoms with E-state index in [0.29, 0.717) is 0 Å². The van der Waals surface area contributed by atoms with E-state index in [0.717, 1.165) is 18.0 Å². The molecule has 1 aliphatic rings. The van der Waals surface area contributed by atoms with Crippen LogP contribution >= 0.6 is 0 Å². The summed E-state index contributed by atoms with van der Waals surface area (Å²) in [5.41, 5.74) is 1.35. The van der Waals surface area contributed by atoms with Gasteiger partial charge >= 0.3 is 0 Å². The van der Waals surface area contributed by atoms with Crippen LogP contribution in [0.2, 0.25) is 0 Å². The van der Waals surface area contributed by atoms with E-state index in [9.17, 15) is 0 Å². The zero-order chi connectivity index (χ0) is 11.4. The van der Waals surface area contributed by atoms with Gasteiger partial charge in [-0.2, -0.15) is 0 Å². The Morgan fingerprint density at radius 3 is 2.56 bits per heavy atom. The standard InChI is InChI=1S/C15H19N/c1-15(2,14-10-11-14)16-12-6-9-13-7-4-3-5-8-13/h3-5,7-8,14,16H,10-12H2,1-2H3. The molecule has 1 N–H and O–H groups in total. The molecule has 84 valence electrons. The first kappa shape index (κ1) is 11.2. The highest BCUT2D eigenvalue weighted by atomic mass is 15.0. The Morgan fingerprint density at radius 1 is 1.25 bits per heavy atom. The van der Waals surface area contributed by atoms with Gasteiger partial charge in [0.05, 0.1) is 6.54 Å². The summed E-state index contributed by atoms with van der Waals surface area (Å²) in [6, 6.07) is 10.1. The summed E-state index contributed by atoms with van der Waals surface area (Å²) in [4.78, 5) is 0. The molecule has 0 amide bonds. The lowest BCUT2D eigenvalue weighted by Gasteiger charge is -2.24. The molecule has 0 saturated heterocycles. The topological polar surface area (TPSA) is 12.0 Å². The molecule has 0 unspecified atom stereocenters. The van der Waals surface area contributed by atoms with Crippen molar-refractivity contribution in [2.45, 2.75) is 32.2 Å². The molecule has 1 heteroatoms. The van der Waals surface area contributed by atoms with Crippen molar-refractivity contribution in [2.24, 2.45) is 5.92 Å². The highest BCUT2D eigenvalue weighted by Crippen LogP contribution is 2.38. The zero-order valence-electron chi connectivity index (χ0n) is 10.1. The van der Waals surface area contributed by atoms with Gasteiger partial charge in [-0.1, -0.05) is 30.0 Å². The van der Waals surface area contributed by atoms with Crippen molar-refractivity contribution in [3.8, 4) is 11.8 Å². The quantitative estimate of drug-likeness (QED) is 0.761. The molecule has 0 bridgehead atoms. The summed E-state index contributed by atoms with van der Waals surface area (Å²) >= 11 is 0. The van der Waals surface area contributed by atoms with E-state index < -0.39 is 0 Å². The maximum atomic E-state index is 3.52. The van der Waals surface area contributed by atoms with Crippen LogP contribution in [-0.4, -0.2) is 12.1 Å². The Labute approximate surface area is 98.3 Å². The molecular formula is C15H19N. The largest absolute Gasteiger partial charge is 0.301 e. The van der Waals surface area contributed by atoms with E-state index in [-0.39, 0.29) is 5.54 Å². The Bertz CT molecular complexity index is 390. The van der Waals surface area contributed by atoms with Gasteiger partial charge in [0.15, 0.2) is 0 Å². The molecule has 0 aromatic heterocycles. The first-order valence-electron chi connectivity index (χ1n) is 5.97. The molecule has 1 aromatic carbocycles. The molecule has 0 radical (unpaired) electrons. The number of hydrogen-bond donors (Lipinski definition) is 1. The summed E-state index contributed by atoms with van der Waals surface area (Å²) in [7, 11) is 0. The van der Waals surface area contributed by atoms with Gasteiger partial charge in [-0.25, -0.2) is 0 Å². The van der Waals surface area contributed by atoms with Gasteiger partial charge < -0.3 is 5.32 Å². The lowest BCUT2D eigenvalue weighted by atomic mass is 9.99. The van der Waals surface area contributed by atoms with Gasteiger partial charge in [-0.3, -0.25) is 0 Å². The van der Waals surface area contributed by atoms with E-state index in [1.165, 1.54) is 12.8 Å². The predicted molar refractivity (Wildman–Crippen MR) is 68.1 cm³/mol. The highest BCUT2D eigenvalue weighted by Gasteiger charge is 2.36. The van der Waals surface area contributed by atoms with Crippen LogP contribution in [0.1, 0.15) is 32.3 Å². The van der Waals surface area contributed by atoms with Crippen molar-refractivity contribution in [1.82, 2.24) is 5.32 Å². The maximum absolute atomic E-state index is 3.52. The fourth-order valence-corrected chi connectivity index (χ4v) is 1.89. The first-order valence-corrected chi connectivity index (χ1v) is 5.97. The van der Waals surface area contributed by atoms with Crippen LogP contribution < -0.4 is 5.32 Å². The molecule has 0 atom stereocenters. The van der Waals surface area contributed by atoms with Crippen LogP contribution in [0.25, 0.3) is 0 Å². The molecule has 1 fully saturated rings. The number of benzene rings is 1. The zero-order valence-corrected chi connectivity index (χ0v) is 10.1. The molecule has 16 heavy (non-hydrogen) atoms. The Hall–Kier alpha value is -1.26. The van der Waals surface area contributed by atoms with Crippen LogP contribution in [0.15, 0.2) is 30.3 Å². The second kappa shape index (κ2) is 4.72. The van der Waals surface area contributed by atoms with E-state index >= 15 is 0 Å². The monoisotopic (exact) mass is 213 g/mol. The lowest BCUT2D eigenvalue weighted by molar-refractivity contribution is 0.359. The SMILES string of the molecule is CC(C)(NCC#Cc1ccccc1)C1CC1. The first-order chi connectivity index (χ1) is 7.68. The molecule has 0 aliphatic heterocycles. The van der Waals surface area contributed by atoms with E-state index in [1.54, 1.807) is 0 Å². The van der Waals surface area contributed by atoms with Crippen LogP contribution in [0.3, 0.4) is 0 Å². The summed E-state index contributed by atoms with van der Waals surface area (Å²) in [5, 5.41) is 3.52. The van der Waals surface area contributed by atoms with Crippen molar-refractivity contribution >= 4 is 0 Å². The smallest absolute Gasteiger partial charge is 0.0584 e. The second-order valence-electron chi connectivity index (χ2n) is 5.02. The molecule has 0 heterocycles. The van der Waals surface area contributed by atoms with Crippen LogP contribution in [-0.2, 0) is 0 Å². The fraction of sp³-hybridized carbons (Fsp3) is 0.467. The van der Waals surface area contributed by atoms with E-state index in [1.807, 2.05) is 30.3 Å². The van der Waals surface area contributed by atoms with Gasteiger partial charge in [-0.15, -0.1) is 0 Å². The van der Waals surface area contributed by atoms with Crippen molar-refractivity contribution in [1.29, 1.82) is 0 Å². The Kier molecular flexibility index (Phi) is 3.31. The van der Waals surface area contributed by atoms with Crippen molar-refractivity contribution < 1.29 is 0 Å². The lowest BCUT2D eigenvalue weighted by Crippen LogP contribution is -2.41. The molecule has 1 aliphatic carbocycles. The minimum absolute atomic E-state index is 0.255. The minimum Gasteiger partial charge on any atom is -0.301 e. The average molecular weight is 213 g/mol. The Balaban J connectivity index is 1.82. The third-order valence-corrected chi connectivity index (χ3v) is 3.24. The highest BCUT2D eigenvalue weighted by molar-refractivity contribution is 5.33. The molecule has 1 aromatic rings. The molecule has 0 spiro atoms. The third-order valence-electron chi connectivity index (χ3n) is 3.24. The van der Waals surface area contributed by atoms with E-state index in [2.05, 4.69) is 31.0 Å². The molecule has 1 saturated carbocycles. The van der Waals surface area contributed by atoms with Gasteiger partial charge in [0, 0.05) is 11.1 Å². The molecule has 1 nitrogen and oxygen atoms in total. The van der Waals surface area contributed by atoms with Crippen molar-refractivity contribution in [2.75, 3.05) is 6.54 Å².